The van der Waals surface area contributed by atoms with Gasteiger partial charge in [-0.1, -0.05) is 60.7 Å². The molecule has 0 unspecified atom stereocenters. The Morgan fingerprint density at radius 2 is 1.38 bits per heavy atom. The molecule has 0 bridgehead atoms. The van der Waals surface area contributed by atoms with Crippen LogP contribution in [-0.2, 0) is 12.8 Å². The summed E-state index contributed by atoms with van der Waals surface area (Å²) in [6.07, 6.45) is 8.52. The lowest BCUT2D eigenvalue weighted by Gasteiger charge is -2.22. The Bertz CT molecular complexity index is 1340. The van der Waals surface area contributed by atoms with Gasteiger partial charge < -0.3 is 9.47 Å². The fourth-order valence-electron chi connectivity index (χ4n) is 4.89. The zero-order chi connectivity index (χ0) is 21.9. The molecule has 0 spiro atoms. The molecule has 0 aliphatic heterocycles. The zero-order valence-corrected chi connectivity index (χ0v) is 18.6. The molecule has 1 aliphatic carbocycles. The van der Waals surface area contributed by atoms with Crippen molar-refractivity contribution < 1.29 is 9.47 Å². The van der Waals surface area contributed by atoms with Gasteiger partial charge in [0.25, 0.3) is 0 Å². The minimum absolute atomic E-state index is 0.851. The van der Waals surface area contributed by atoms with E-state index < -0.39 is 0 Å². The molecule has 0 amide bonds. The summed E-state index contributed by atoms with van der Waals surface area (Å²) in [4.78, 5) is 4.01. The Morgan fingerprint density at radius 3 is 2.16 bits per heavy atom. The highest BCUT2D eigenvalue weighted by Crippen LogP contribution is 2.46. The lowest BCUT2D eigenvalue weighted by atomic mass is 9.86. The van der Waals surface area contributed by atoms with E-state index in [-0.39, 0.29) is 0 Å². The van der Waals surface area contributed by atoms with E-state index in [1.807, 2.05) is 30.6 Å². The van der Waals surface area contributed by atoms with E-state index in [0.29, 0.717) is 0 Å². The third kappa shape index (κ3) is 3.54. The molecular weight excluding hydrogens is 394 g/mol. The minimum Gasteiger partial charge on any atom is -0.492 e. The number of aryl methyl sites for hydroxylation is 2. The number of aromatic nitrogens is 1. The first kappa shape index (κ1) is 20.3. The van der Waals surface area contributed by atoms with Crippen molar-refractivity contribution in [3.8, 4) is 11.5 Å². The second-order valence-electron chi connectivity index (χ2n) is 8.17. The first-order valence-electron chi connectivity index (χ1n) is 11.2. The molecule has 32 heavy (non-hydrogen) atoms. The molecule has 0 N–H and O–H groups in total. The van der Waals surface area contributed by atoms with Gasteiger partial charge in [-0.05, 0) is 64.4 Å². The van der Waals surface area contributed by atoms with E-state index >= 15 is 0 Å². The summed E-state index contributed by atoms with van der Waals surface area (Å²) in [6, 6.07) is 23.2. The van der Waals surface area contributed by atoms with Crippen LogP contribution in [0.25, 0.3) is 32.3 Å². The predicted molar refractivity (Wildman–Crippen MR) is 133 cm³/mol. The Hall–Kier alpha value is -3.59. The number of nitrogens with zero attached hydrogens (tertiary/aromatic N) is 1. The maximum atomic E-state index is 5.80. The van der Waals surface area contributed by atoms with Gasteiger partial charge in [-0.25, -0.2) is 0 Å². The molecule has 4 aromatic carbocycles. The molecular formula is C29H27NO2. The summed E-state index contributed by atoms with van der Waals surface area (Å²) in [6.45, 7) is 0. The standard InChI is InChI=1S/C20H20O2.C9H7N/c1-21-19-17-10-6-5-9-15(17)16-12-11-13-7-3-4-8-14(13)18(16)20(19)22-2;1-2-4-9-7-10-6-5-8(9)3-1/h5-6,9-12H,3-4,7-8H2,1-2H3;1-7H. The van der Waals surface area contributed by atoms with Crippen LogP contribution in [0, 0.1) is 0 Å². The number of ether oxygens (including phenoxy) is 2. The van der Waals surface area contributed by atoms with Crippen LogP contribution in [0.3, 0.4) is 0 Å². The summed E-state index contributed by atoms with van der Waals surface area (Å²) in [5, 5.41) is 7.32. The van der Waals surface area contributed by atoms with Crippen LogP contribution < -0.4 is 9.47 Å². The third-order valence-corrected chi connectivity index (χ3v) is 6.39. The predicted octanol–water partition coefficient (Wildman–Crippen LogP) is 7.12. The fourth-order valence-corrected chi connectivity index (χ4v) is 4.89. The highest BCUT2D eigenvalue weighted by Gasteiger charge is 2.21. The van der Waals surface area contributed by atoms with Gasteiger partial charge in [0, 0.05) is 23.2 Å². The molecule has 0 radical (unpaired) electrons. The van der Waals surface area contributed by atoms with Crippen molar-refractivity contribution in [1.82, 2.24) is 4.98 Å². The molecule has 0 saturated heterocycles. The van der Waals surface area contributed by atoms with Gasteiger partial charge in [0.05, 0.1) is 14.2 Å². The number of fused-ring (bicyclic) bond motifs is 6. The molecule has 6 rings (SSSR count). The summed E-state index contributed by atoms with van der Waals surface area (Å²) in [5.41, 5.74) is 2.92. The van der Waals surface area contributed by atoms with E-state index in [2.05, 4.69) is 53.5 Å². The van der Waals surface area contributed by atoms with Crippen LogP contribution in [0.1, 0.15) is 24.0 Å². The second-order valence-corrected chi connectivity index (χ2v) is 8.17. The van der Waals surface area contributed by atoms with Gasteiger partial charge in [0.15, 0.2) is 11.5 Å². The SMILES string of the molecule is COc1c(OC)c2c3c(ccc2c2ccccc12)CCCC3.c1ccc2cnccc2c1. The zero-order valence-electron chi connectivity index (χ0n) is 18.6. The van der Waals surface area contributed by atoms with Gasteiger partial charge >= 0.3 is 0 Å². The Labute approximate surface area is 188 Å². The van der Waals surface area contributed by atoms with Crippen molar-refractivity contribution >= 4 is 32.3 Å². The largest absolute Gasteiger partial charge is 0.492 e. The van der Waals surface area contributed by atoms with Crippen LogP contribution >= 0.6 is 0 Å². The van der Waals surface area contributed by atoms with Crippen molar-refractivity contribution in [1.29, 1.82) is 0 Å². The molecule has 0 atom stereocenters. The molecule has 0 saturated carbocycles. The van der Waals surface area contributed by atoms with E-state index in [0.717, 1.165) is 23.3 Å². The Morgan fingerprint density at radius 1 is 0.656 bits per heavy atom. The van der Waals surface area contributed by atoms with Gasteiger partial charge in [0.1, 0.15) is 0 Å². The van der Waals surface area contributed by atoms with Gasteiger partial charge in [-0.2, -0.15) is 0 Å². The smallest absolute Gasteiger partial charge is 0.169 e. The maximum absolute atomic E-state index is 5.80. The molecule has 1 heterocycles. The summed E-state index contributed by atoms with van der Waals surface area (Å²) in [5.74, 6) is 1.74. The Balaban J connectivity index is 0.000000180. The van der Waals surface area contributed by atoms with Crippen molar-refractivity contribution in [2.24, 2.45) is 0 Å². The molecule has 1 aromatic heterocycles. The average Bonchev–Trinajstić information content (AvgIpc) is 2.88. The van der Waals surface area contributed by atoms with Crippen LogP contribution in [0.2, 0.25) is 0 Å². The second kappa shape index (κ2) is 8.88. The van der Waals surface area contributed by atoms with Crippen molar-refractivity contribution in [3.63, 3.8) is 0 Å². The van der Waals surface area contributed by atoms with Crippen molar-refractivity contribution in [2.45, 2.75) is 25.7 Å². The summed E-state index contributed by atoms with van der Waals surface area (Å²) >= 11 is 0. The Kier molecular flexibility index (Phi) is 5.64. The number of hydrogen-bond donors (Lipinski definition) is 0. The van der Waals surface area contributed by atoms with Gasteiger partial charge in [-0.3, -0.25) is 4.98 Å². The number of benzene rings is 4. The van der Waals surface area contributed by atoms with E-state index in [4.69, 9.17) is 9.47 Å². The van der Waals surface area contributed by atoms with E-state index in [9.17, 15) is 0 Å². The van der Waals surface area contributed by atoms with Crippen LogP contribution in [-0.4, -0.2) is 19.2 Å². The van der Waals surface area contributed by atoms with Crippen molar-refractivity contribution in [2.75, 3.05) is 14.2 Å². The summed E-state index contributed by atoms with van der Waals surface area (Å²) < 4.78 is 11.5. The number of rotatable bonds is 2. The molecule has 1 aliphatic rings. The van der Waals surface area contributed by atoms with E-state index in [1.54, 1.807) is 14.2 Å². The van der Waals surface area contributed by atoms with Crippen molar-refractivity contribution in [3.05, 3.63) is 90.3 Å². The molecule has 3 nitrogen and oxygen atoms in total. The topological polar surface area (TPSA) is 31.4 Å². The highest BCUT2D eigenvalue weighted by molar-refractivity contribution is 6.15. The lowest BCUT2D eigenvalue weighted by molar-refractivity contribution is 0.362. The summed E-state index contributed by atoms with van der Waals surface area (Å²) in [7, 11) is 3.47. The average molecular weight is 422 g/mol. The number of hydrogen-bond acceptors (Lipinski definition) is 3. The van der Waals surface area contributed by atoms with E-state index in [1.165, 1.54) is 57.3 Å². The fraction of sp³-hybridized carbons (Fsp3) is 0.207. The molecule has 5 aromatic rings. The molecule has 3 heteroatoms. The highest BCUT2D eigenvalue weighted by atomic mass is 16.5. The van der Waals surface area contributed by atoms with Crippen LogP contribution in [0.4, 0.5) is 0 Å². The first-order valence-corrected chi connectivity index (χ1v) is 11.2. The lowest BCUT2D eigenvalue weighted by Crippen LogP contribution is -2.05. The monoisotopic (exact) mass is 421 g/mol. The van der Waals surface area contributed by atoms with Gasteiger partial charge in [0.2, 0.25) is 0 Å². The normalized spacial score (nSPS) is 12.8. The van der Waals surface area contributed by atoms with Gasteiger partial charge in [-0.15, -0.1) is 0 Å². The number of methoxy groups -OCH3 is 2. The minimum atomic E-state index is 0.851. The van der Waals surface area contributed by atoms with Crippen LogP contribution in [0.5, 0.6) is 11.5 Å². The van der Waals surface area contributed by atoms with Crippen LogP contribution in [0.15, 0.2) is 79.1 Å². The third-order valence-electron chi connectivity index (χ3n) is 6.39. The quantitative estimate of drug-likeness (QED) is 0.284. The maximum Gasteiger partial charge on any atom is 0.169 e. The molecule has 160 valence electrons. The first-order chi connectivity index (χ1) is 15.8. The number of pyridine rings is 1. The molecule has 0 fully saturated rings.